The fourth-order valence-corrected chi connectivity index (χ4v) is 2.51. The SMILES string of the molecule is CCCCCCc1cc(-c2cccs2)co1. The van der Waals surface area contributed by atoms with Crippen molar-refractivity contribution in [3.63, 3.8) is 0 Å². The van der Waals surface area contributed by atoms with Crippen LogP contribution in [0.15, 0.2) is 34.3 Å². The zero-order chi connectivity index (χ0) is 11.2. The summed E-state index contributed by atoms with van der Waals surface area (Å²) in [4.78, 5) is 1.29. The van der Waals surface area contributed by atoms with Crippen LogP contribution in [0.4, 0.5) is 0 Å². The van der Waals surface area contributed by atoms with Crippen molar-refractivity contribution in [1.29, 1.82) is 0 Å². The van der Waals surface area contributed by atoms with Crippen molar-refractivity contribution in [3.05, 3.63) is 35.6 Å². The van der Waals surface area contributed by atoms with Gasteiger partial charge in [-0.1, -0.05) is 32.3 Å². The Kier molecular flexibility index (Phi) is 4.23. The van der Waals surface area contributed by atoms with Gasteiger partial charge in [-0.25, -0.2) is 0 Å². The molecular formula is C14H18OS. The smallest absolute Gasteiger partial charge is 0.104 e. The van der Waals surface area contributed by atoms with E-state index < -0.39 is 0 Å². The summed E-state index contributed by atoms with van der Waals surface area (Å²) in [6.45, 7) is 2.24. The molecule has 86 valence electrons. The van der Waals surface area contributed by atoms with Gasteiger partial charge in [-0.05, 0) is 23.9 Å². The molecule has 2 rings (SSSR count). The lowest BCUT2D eigenvalue weighted by Crippen LogP contribution is -1.82. The van der Waals surface area contributed by atoms with Gasteiger partial charge in [-0.15, -0.1) is 11.3 Å². The van der Waals surface area contributed by atoms with E-state index in [4.69, 9.17) is 4.42 Å². The summed E-state index contributed by atoms with van der Waals surface area (Å²) in [5.41, 5.74) is 1.22. The largest absolute Gasteiger partial charge is 0.469 e. The van der Waals surface area contributed by atoms with Crippen LogP contribution in [0.5, 0.6) is 0 Å². The summed E-state index contributed by atoms with van der Waals surface area (Å²) in [5, 5.41) is 2.10. The zero-order valence-electron chi connectivity index (χ0n) is 9.74. The molecule has 0 aliphatic rings. The molecular weight excluding hydrogens is 216 g/mol. The number of hydrogen-bond acceptors (Lipinski definition) is 2. The maximum absolute atomic E-state index is 5.58. The molecule has 2 aromatic rings. The zero-order valence-corrected chi connectivity index (χ0v) is 10.6. The summed E-state index contributed by atoms with van der Waals surface area (Å²) < 4.78 is 5.58. The number of aryl methyl sites for hydroxylation is 1. The maximum Gasteiger partial charge on any atom is 0.104 e. The number of hydrogen-bond donors (Lipinski definition) is 0. The van der Waals surface area contributed by atoms with Gasteiger partial charge in [0.15, 0.2) is 0 Å². The first-order valence-electron chi connectivity index (χ1n) is 6.01. The van der Waals surface area contributed by atoms with Crippen LogP contribution in [0.3, 0.4) is 0 Å². The van der Waals surface area contributed by atoms with Gasteiger partial charge in [0.2, 0.25) is 0 Å². The monoisotopic (exact) mass is 234 g/mol. The summed E-state index contributed by atoms with van der Waals surface area (Å²) in [5.74, 6) is 1.12. The molecule has 0 spiro atoms. The van der Waals surface area contributed by atoms with Gasteiger partial charge in [0, 0.05) is 16.9 Å². The minimum absolute atomic E-state index is 1.07. The Morgan fingerprint density at radius 1 is 1.25 bits per heavy atom. The van der Waals surface area contributed by atoms with Gasteiger partial charge in [0.1, 0.15) is 5.76 Å². The average molecular weight is 234 g/mol. The van der Waals surface area contributed by atoms with E-state index in [-0.39, 0.29) is 0 Å². The third kappa shape index (κ3) is 2.99. The van der Waals surface area contributed by atoms with Crippen molar-refractivity contribution in [2.45, 2.75) is 39.0 Å². The molecule has 0 radical (unpaired) electrons. The van der Waals surface area contributed by atoms with E-state index in [9.17, 15) is 0 Å². The lowest BCUT2D eigenvalue weighted by molar-refractivity contribution is 0.495. The van der Waals surface area contributed by atoms with Crippen molar-refractivity contribution in [2.24, 2.45) is 0 Å². The Morgan fingerprint density at radius 3 is 2.94 bits per heavy atom. The normalized spacial score (nSPS) is 10.8. The van der Waals surface area contributed by atoms with Crippen molar-refractivity contribution in [3.8, 4) is 10.4 Å². The molecule has 2 heteroatoms. The Labute approximate surface area is 101 Å². The lowest BCUT2D eigenvalue weighted by atomic mass is 10.1. The van der Waals surface area contributed by atoms with Crippen LogP contribution in [0.1, 0.15) is 38.4 Å². The van der Waals surface area contributed by atoms with Crippen molar-refractivity contribution >= 4 is 11.3 Å². The van der Waals surface area contributed by atoms with Gasteiger partial charge < -0.3 is 4.42 Å². The maximum atomic E-state index is 5.58. The molecule has 0 fully saturated rings. The second-order valence-corrected chi connectivity index (χ2v) is 5.04. The fraction of sp³-hybridized carbons (Fsp3) is 0.429. The Morgan fingerprint density at radius 2 is 2.19 bits per heavy atom. The first-order chi connectivity index (χ1) is 7.90. The molecule has 0 bridgehead atoms. The minimum atomic E-state index is 1.07. The van der Waals surface area contributed by atoms with Crippen LogP contribution >= 0.6 is 11.3 Å². The van der Waals surface area contributed by atoms with Crippen molar-refractivity contribution < 1.29 is 4.42 Å². The lowest BCUT2D eigenvalue weighted by Gasteiger charge is -1.95. The molecule has 0 aliphatic carbocycles. The molecule has 0 saturated carbocycles. The fourth-order valence-electron chi connectivity index (χ4n) is 1.81. The second-order valence-electron chi connectivity index (χ2n) is 4.09. The third-order valence-corrected chi connectivity index (χ3v) is 3.66. The number of thiophene rings is 1. The number of unbranched alkanes of at least 4 members (excludes halogenated alkanes) is 3. The van der Waals surface area contributed by atoms with E-state index in [0.717, 1.165) is 12.2 Å². The first kappa shape index (κ1) is 11.5. The topological polar surface area (TPSA) is 13.1 Å². The quantitative estimate of drug-likeness (QED) is 0.631. The van der Waals surface area contributed by atoms with Crippen LogP contribution in [0.25, 0.3) is 10.4 Å². The third-order valence-electron chi connectivity index (χ3n) is 2.74. The van der Waals surface area contributed by atoms with E-state index in [1.807, 2.05) is 6.26 Å². The van der Waals surface area contributed by atoms with Crippen LogP contribution in [0, 0.1) is 0 Å². The molecule has 0 saturated heterocycles. The summed E-state index contributed by atoms with van der Waals surface area (Å²) in [7, 11) is 0. The van der Waals surface area contributed by atoms with E-state index in [1.165, 1.54) is 36.1 Å². The van der Waals surface area contributed by atoms with Gasteiger partial charge >= 0.3 is 0 Å². The van der Waals surface area contributed by atoms with Gasteiger partial charge in [0.05, 0.1) is 6.26 Å². The summed E-state index contributed by atoms with van der Waals surface area (Å²) in [6.07, 6.45) is 8.13. The number of rotatable bonds is 6. The van der Waals surface area contributed by atoms with Crippen LogP contribution in [-0.2, 0) is 6.42 Å². The summed E-state index contributed by atoms with van der Waals surface area (Å²) >= 11 is 1.76. The molecule has 0 aromatic carbocycles. The highest BCUT2D eigenvalue weighted by Gasteiger charge is 2.04. The molecule has 0 aliphatic heterocycles. The van der Waals surface area contributed by atoms with Crippen molar-refractivity contribution in [1.82, 2.24) is 0 Å². The highest BCUT2D eigenvalue weighted by atomic mass is 32.1. The van der Waals surface area contributed by atoms with E-state index in [0.29, 0.717) is 0 Å². The van der Waals surface area contributed by atoms with Crippen LogP contribution < -0.4 is 0 Å². The van der Waals surface area contributed by atoms with Crippen molar-refractivity contribution in [2.75, 3.05) is 0 Å². The molecule has 1 nitrogen and oxygen atoms in total. The van der Waals surface area contributed by atoms with Gasteiger partial charge in [0.25, 0.3) is 0 Å². The van der Waals surface area contributed by atoms with Crippen LogP contribution in [0.2, 0.25) is 0 Å². The van der Waals surface area contributed by atoms with Gasteiger partial charge in [-0.3, -0.25) is 0 Å². The van der Waals surface area contributed by atoms with E-state index >= 15 is 0 Å². The minimum Gasteiger partial charge on any atom is -0.469 e. The molecule has 16 heavy (non-hydrogen) atoms. The predicted octanol–water partition coefficient (Wildman–Crippen LogP) is 5.13. The Hall–Kier alpha value is -1.02. The average Bonchev–Trinajstić information content (AvgIpc) is 2.94. The highest BCUT2D eigenvalue weighted by molar-refractivity contribution is 7.13. The molecule has 0 atom stereocenters. The number of furan rings is 1. The van der Waals surface area contributed by atoms with Crippen LogP contribution in [-0.4, -0.2) is 0 Å². The molecule has 2 heterocycles. The van der Waals surface area contributed by atoms with Gasteiger partial charge in [-0.2, -0.15) is 0 Å². The first-order valence-corrected chi connectivity index (χ1v) is 6.89. The summed E-state index contributed by atoms with van der Waals surface area (Å²) in [6, 6.07) is 6.39. The standard InChI is InChI=1S/C14H18OS/c1-2-3-4-5-7-13-10-12(11-15-13)14-8-6-9-16-14/h6,8-11H,2-5,7H2,1H3. The molecule has 0 amide bonds. The highest BCUT2D eigenvalue weighted by Crippen LogP contribution is 2.27. The molecule has 0 unspecified atom stereocenters. The predicted molar refractivity (Wildman–Crippen MR) is 69.9 cm³/mol. The molecule has 0 N–H and O–H groups in total. The Bertz CT molecular complexity index is 400. The van der Waals surface area contributed by atoms with E-state index in [1.54, 1.807) is 11.3 Å². The second kappa shape index (κ2) is 5.90. The molecule has 2 aromatic heterocycles. The Balaban J connectivity index is 1.88. The van der Waals surface area contributed by atoms with E-state index in [2.05, 4.69) is 30.5 Å².